The van der Waals surface area contributed by atoms with Crippen molar-refractivity contribution in [2.24, 2.45) is 0 Å². The summed E-state index contributed by atoms with van der Waals surface area (Å²) in [6.45, 7) is 4.63. The Balaban J connectivity index is 1.65. The van der Waals surface area contributed by atoms with Gasteiger partial charge >= 0.3 is 0 Å². The number of hydrogen-bond donors (Lipinski definition) is 1. The topological polar surface area (TPSA) is 45.1 Å². The smallest absolute Gasteiger partial charge is 0.191 e. The molecule has 3 aromatic rings. The molecule has 0 amide bonds. The number of aromatic amines is 1. The minimum atomic E-state index is 0.724. The molecule has 2 aromatic heterocycles. The van der Waals surface area contributed by atoms with Crippen molar-refractivity contribution < 1.29 is 4.42 Å². The number of para-hydroxylation sites is 1. The second-order valence-electron chi connectivity index (χ2n) is 5.56. The van der Waals surface area contributed by atoms with Crippen molar-refractivity contribution >= 4 is 22.5 Å². The number of halogens is 1. The second kappa shape index (κ2) is 4.90. The Labute approximate surface area is 127 Å². The molecule has 0 saturated heterocycles. The zero-order chi connectivity index (χ0) is 14.4. The molecule has 0 aliphatic carbocycles. The van der Waals surface area contributed by atoms with Crippen LogP contribution in [0.1, 0.15) is 22.8 Å². The monoisotopic (exact) mass is 301 g/mol. The summed E-state index contributed by atoms with van der Waals surface area (Å²) in [5, 5.41) is 2.03. The lowest BCUT2D eigenvalue weighted by molar-refractivity contribution is 0.242. The zero-order valence-electron chi connectivity index (χ0n) is 11.8. The first kappa shape index (κ1) is 12.9. The third-order valence-corrected chi connectivity index (χ3v) is 4.41. The van der Waals surface area contributed by atoms with E-state index in [1.54, 1.807) is 6.26 Å². The van der Waals surface area contributed by atoms with E-state index in [1.807, 2.05) is 19.1 Å². The summed E-state index contributed by atoms with van der Waals surface area (Å²) in [5.41, 5.74) is 4.72. The summed E-state index contributed by atoms with van der Waals surface area (Å²) in [4.78, 5) is 10.3. The van der Waals surface area contributed by atoms with Crippen molar-refractivity contribution in [3.05, 3.63) is 52.3 Å². The molecule has 1 N–H and O–H groups in total. The number of aryl methyl sites for hydroxylation is 1. The van der Waals surface area contributed by atoms with Gasteiger partial charge in [0.25, 0.3) is 0 Å². The molecule has 4 nitrogen and oxygen atoms in total. The molecule has 4 rings (SSSR count). The van der Waals surface area contributed by atoms with E-state index in [4.69, 9.17) is 16.0 Å². The molecule has 3 heterocycles. The lowest BCUT2D eigenvalue weighted by Crippen LogP contribution is -2.29. The SMILES string of the molecule is Cc1nc(CN2CCc3[nH]c4c(Cl)cccc4c3C2)co1. The van der Waals surface area contributed by atoms with Crippen LogP contribution in [0.2, 0.25) is 5.02 Å². The molecule has 0 radical (unpaired) electrons. The maximum atomic E-state index is 6.28. The fraction of sp³-hybridized carbons (Fsp3) is 0.312. The van der Waals surface area contributed by atoms with Gasteiger partial charge in [0.05, 0.1) is 16.2 Å². The largest absolute Gasteiger partial charge is 0.449 e. The first-order chi connectivity index (χ1) is 10.2. The highest BCUT2D eigenvalue weighted by atomic mass is 35.5. The Morgan fingerprint density at radius 1 is 1.43 bits per heavy atom. The first-order valence-electron chi connectivity index (χ1n) is 7.12. The van der Waals surface area contributed by atoms with E-state index in [1.165, 1.54) is 16.6 Å². The summed E-state index contributed by atoms with van der Waals surface area (Å²) >= 11 is 6.28. The lowest BCUT2D eigenvalue weighted by atomic mass is 10.0. The fourth-order valence-electron chi connectivity index (χ4n) is 3.10. The van der Waals surface area contributed by atoms with Crippen molar-refractivity contribution in [3.63, 3.8) is 0 Å². The van der Waals surface area contributed by atoms with Gasteiger partial charge in [-0.2, -0.15) is 0 Å². The van der Waals surface area contributed by atoms with Crippen molar-refractivity contribution in [1.29, 1.82) is 0 Å². The molecule has 0 unspecified atom stereocenters. The molecule has 0 spiro atoms. The van der Waals surface area contributed by atoms with Gasteiger partial charge in [0, 0.05) is 44.1 Å². The van der Waals surface area contributed by atoms with Crippen LogP contribution < -0.4 is 0 Å². The molecule has 5 heteroatoms. The van der Waals surface area contributed by atoms with E-state index in [-0.39, 0.29) is 0 Å². The van der Waals surface area contributed by atoms with Crippen molar-refractivity contribution in [2.75, 3.05) is 6.54 Å². The minimum absolute atomic E-state index is 0.724. The summed E-state index contributed by atoms with van der Waals surface area (Å²) in [6.07, 6.45) is 2.76. The van der Waals surface area contributed by atoms with E-state index < -0.39 is 0 Å². The summed E-state index contributed by atoms with van der Waals surface area (Å²) in [5.74, 6) is 0.724. The normalized spacial score (nSPS) is 15.5. The highest BCUT2D eigenvalue weighted by Crippen LogP contribution is 2.31. The van der Waals surface area contributed by atoms with Gasteiger partial charge < -0.3 is 9.40 Å². The standard InChI is InChI=1S/C16H16ClN3O/c1-10-18-11(9-21-10)7-20-6-5-15-13(8-20)12-3-2-4-14(17)16(12)19-15/h2-4,9,19H,5-8H2,1H3. The molecule has 21 heavy (non-hydrogen) atoms. The van der Waals surface area contributed by atoms with E-state index in [2.05, 4.69) is 20.9 Å². The average molecular weight is 302 g/mol. The highest BCUT2D eigenvalue weighted by Gasteiger charge is 2.22. The van der Waals surface area contributed by atoms with Crippen LogP contribution in [-0.4, -0.2) is 21.4 Å². The Morgan fingerprint density at radius 2 is 2.33 bits per heavy atom. The number of rotatable bonds is 2. The second-order valence-corrected chi connectivity index (χ2v) is 5.97. The van der Waals surface area contributed by atoms with Gasteiger partial charge in [0.15, 0.2) is 5.89 Å². The summed E-state index contributed by atoms with van der Waals surface area (Å²) < 4.78 is 5.29. The number of oxazole rings is 1. The average Bonchev–Trinajstić information content (AvgIpc) is 3.04. The fourth-order valence-corrected chi connectivity index (χ4v) is 3.32. The summed E-state index contributed by atoms with van der Waals surface area (Å²) in [7, 11) is 0. The number of fused-ring (bicyclic) bond motifs is 3. The Morgan fingerprint density at radius 3 is 3.14 bits per heavy atom. The number of H-pyrrole nitrogens is 1. The minimum Gasteiger partial charge on any atom is -0.449 e. The molecule has 1 aromatic carbocycles. The molecule has 1 aliphatic heterocycles. The van der Waals surface area contributed by atoms with Gasteiger partial charge in [-0.15, -0.1) is 0 Å². The van der Waals surface area contributed by atoms with Crippen LogP contribution >= 0.6 is 11.6 Å². The van der Waals surface area contributed by atoms with E-state index >= 15 is 0 Å². The van der Waals surface area contributed by atoms with Crippen LogP contribution in [0, 0.1) is 6.92 Å². The van der Waals surface area contributed by atoms with Gasteiger partial charge in [0.1, 0.15) is 6.26 Å². The van der Waals surface area contributed by atoms with Gasteiger partial charge in [-0.25, -0.2) is 4.98 Å². The lowest BCUT2D eigenvalue weighted by Gasteiger charge is -2.26. The zero-order valence-corrected chi connectivity index (χ0v) is 12.6. The molecular weight excluding hydrogens is 286 g/mol. The van der Waals surface area contributed by atoms with Gasteiger partial charge in [-0.05, 0) is 11.6 Å². The van der Waals surface area contributed by atoms with Crippen LogP contribution in [0.4, 0.5) is 0 Å². The van der Waals surface area contributed by atoms with Crippen LogP contribution in [0.15, 0.2) is 28.9 Å². The number of benzene rings is 1. The van der Waals surface area contributed by atoms with Gasteiger partial charge in [-0.1, -0.05) is 23.7 Å². The van der Waals surface area contributed by atoms with Crippen LogP contribution in [0.3, 0.4) is 0 Å². The highest BCUT2D eigenvalue weighted by molar-refractivity contribution is 6.35. The predicted molar refractivity (Wildman–Crippen MR) is 82.4 cm³/mol. The molecule has 0 atom stereocenters. The van der Waals surface area contributed by atoms with E-state index in [0.717, 1.165) is 48.2 Å². The maximum absolute atomic E-state index is 6.28. The van der Waals surface area contributed by atoms with Crippen LogP contribution in [-0.2, 0) is 19.5 Å². The third kappa shape index (κ3) is 2.24. The Hall–Kier alpha value is -1.78. The van der Waals surface area contributed by atoms with Gasteiger partial charge in [-0.3, -0.25) is 4.90 Å². The van der Waals surface area contributed by atoms with Crippen molar-refractivity contribution in [2.45, 2.75) is 26.4 Å². The number of nitrogens with zero attached hydrogens (tertiary/aromatic N) is 2. The van der Waals surface area contributed by atoms with Crippen molar-refractivity contribution in [3.8, 4) is 0 Å². The molecule has 108 valence electrons. The van der Waals surface area contributed by atoms with Crippen LogP contribution in [0.25, 0.3) is 10.9 Å². The van der Waals surface area contributed by atoms with Crippen LogP contribution in [0.5, 0.6) is 0 Å². The quantitative estimate of drug-likeness (QED) is 0.785. The first-order valence-corrected chi connectivity index (χ1v) is 7.50. The molecule has 0 saturated carbocycles. The maximum Gasteiger partial charge on any atom is 0.191 e. The Bertz CT molecular complexity index is 805. The number of nitrogens with one attached hydrogen (secondary N) is 1. The molecule has 0 bridgehead atoms. The van der Waals surface area contributed by atoms with E-state index in [9.17, 15) is 0 Å². The Kier molecular flexibility index (Phi) is 3.01. The molecule has 0 fully saturated rings. The molecular formula is C16H16ClN3O. The van der Waals surface area contributed by atoms with Crippen molar-refractivity contribution in [1.82, 2.24) is 14.9 Å². The number of hydrogen-bond acceptors (Lipinski definition) is 3. The number of aromatic nitrogens is 2. The van der Waals surface area contributed by atoms with E-state index in [0.29, 0.717) is 0 Å². The third-order valence-electron chi connectivity index (χ3n) is 4.09. The predicted octanol–water partition coefficient (Wildman–Crippen LogP) is 3.68. The summed E-state index contributed by atoms with van der Waals surface area (Å²) in [6, 6.07) is 6.08. The van der Waals surface area contributed by atoms with Gasteiger partial charge in [0.2, 0.25) is 0 Å². The molecule has 1 aliphatic rings.